The van der Waals surface area contributed by atoms with E-state index in [1.54, 1.807) is 24.0 Å². The lowest BCUT2D eigenvalue weighted by Crippen LogP contribution is -2.28. The molecule has 1 N–H and O–H groups in total. The molecule has 2 aromatic carbocycles. The van der Waals surface area contributed by atoms with Crippen molar-refractivity contribution >= 4 is 34.8 Å². The van der Waals surface area contributed by atoms with Crippen LogP contribution < -0.4 is 10.2 Å². The monoisotopic (exact) mass is 360 g/mol. The molecule has 1 aliphatic heterocycles. The first kappa shape index (κ1) is 17.4. The van der Waals surface area contributed by atoms with E-state index in [0.29, 0.717) is 22.8 Å². The molecule has 1 atom stereocenters. The van der Waals surface area contributed by atoms with Gasteiger partial charge in [0.05, 0.1) is 5.92 Å². The summed E-state index contributed by atoms with van der Waals surface area (Å²) in [6.07, 6.45) is 0.137. The minimum Gasteiger partial charge on any atom is -0.326 e. The average Bonchev–Trinajstić information content (AvgIpc) is 2.94. The second kappa shape index (κ2) is 6.84. The number of carbonyl (C=O) groups is 2. The Bertz CT molecular complexity index is 853. The maximum atomic E-state index is 13.2. The third kappa shape index (κ3) is 3.51. The Morgan fingerprint density at radius 3 is 2.76 bits per heavy atom. The number of anilines is 2. The van der Waals surface area contributed by atoms with E-state index in [0.717, 1.165) is 11.3 Å². The molecule has 1 heterocycles. The van der Waals surface area contributed by atoms with Crippen LogP contribution >= 0.6 is 11.6 Å². The highest BCUT2D eigenvalue weighted by atomic mass is 35.5. The van der Waals surface area contributed by atoms with Crippen LogP contribution in [0.4, 0.5) is 15.8 Å². The molecule has 2 aromatic rings. The SMILES string of the molecule is Cc1cc(F)ccc1NC(=O)[C@H]1CC(=O)N(c2cccc(Cl)c2C)C1. The van der Waals surface area contributed by atoms with Crippen LogP contribution in [0.25, 0.3) is 0 Å². The largest absolute Gasteiger partial charge is 0.326 e. The maximum absolute atomic E-state index is 13.2. The van der Waals surface area contributed by atoms with E-state index in [2.05, 4.69) is 5.32 Å². The van der Waals surface area contributed by atoms with Crippen molar-refractivity contribution in [1.29, 1.82) is 0 Å². The first-order valence-electron chi connectivity index (χ1n) is 7.99. The Balaban J connectivity index is 1.75. The topological polar surface area (TPSA) is 49.4 Å². The van der Waals surface area contributed by atoms with Gasteiger partial charge in [0.25, 0.3) is 0 Å². The van der Waals surface area contributed by atoms with Crippen molar-refractivity contribution in [2.45, 2.75) is 20.3 Å². The van der Waals surface area contributed by atoms with Gasteiger partial charge >= 0.3 is 0 Å². The standard InChI is InChI=1S/C19H18ClFN2O2/c1-11-8-14(21)6-7-16(11)22-19(25)13-9-18(24)23(10-13)17-5-3-4-15(20)12(17)2/h3-8,13H,9-10H2,1-2H3,(H,22,25)/t13-/m0/s1. The van der Waals surface area contributed by atoms with Crippen LogP contribution in [0.5, 0.6) is 0 Å². The molecule has 3 rings (SSSR count). The summed E-state index contributed by atoms with van der Waals surface area (Å²) in [6, 6.07) is 9.55. The number of halogens is 2. The van der Waals surface area contributed by atoms with Gasteiger partial charge < -0.3 is 10.2 Å². The van der Waals surface area contributed by atoms with E-state index in [1.165, 1.54) is 18.2 Å². The first-order valence-corrected chi connectivity index (χ1v) is 8.37. The minimum absolute atomic E-state index is 0.110. The van der Waals surface area contributed by atoms with E-state index in [-0.39, 0.29) is 24.1 Å². The zero-order valence-corrected chi connectivity index (χ0v) is 14.7. The van der Waals surface area contributed by atoms with Crippen LogP contribution in [0, 0.1) is 25.6 Å². The summed E-state index contributed by atoms with van der Waals surface area (Å²) in [6.45, 7) is 3.87. The van der Waals surface area contributed by atoms with Gasteiger partial charge in [0, 0.05) is 29.4 Å². The molecule has 0 aromatic heterocycles. The van der Waals surface area contributed by atoms with Crippen molar-refractivity contribution in [3.63, 3.8) is 0 Å². The van der Waals surface area contributed by atoms with Crippen molar-refractivity contribution in [2.24, 2.45) is 5.92 Å². The van der Waals surface area contributed by atoms with Crippen LogP contribution in [0.15, 0.2) is 36.4 Å². The molecular weight excluding hydrogens is 343 g/mol. The maximum Gasteiger partial charge on any atom is 0.229 e. The van der Waals surface area contributed by atoms with Crippen molar-refractivity contribution in [2.75, 3.05) is 16.8 Å². The van der Waals surface area contributed by atoms with Gasteiger partial charge in [-0.3, -0.25) is 9.59 Å². The van der Waals surface area contributed by atoms with Gasteiger partial charge in [-0.1, -0.05) is 17.7 Å². The second-order valence-electron chi connectivity index (χ2n) is 6.24. The molecule has 130 valence electrons. The van der Waals surface area contributed by atoms with E-state index < -0.39 is 5.92 Å². The highest BCUT2D eigenvalue weighted by Gasteiger charge is 2.36. The minimum atomic E-state index is -0.463. The second-order valence-corrected chi connectivity index (χ2v) is 6.65. The van der Waals surface area contributed by atoms with Gasteiger partial charge in [0.1, 0.15) is 5.82 Å². The predicted octanol–water partition coefficient (Wildman–Crippen LogP) is 4.09. The molecule has 0 bridgehead atoms. The van der Waals surface area contributed by atoms with Crippen LogP contribution in [0.2, 0.25) is 5.02 Å². The predicted molar refractivity (Wildman–Crippen MR) is 96.4 cm³/mol. The normalized spacial score (nSPS) is 17.0. The summed E-state index contributed by atoms with van der Waals surface area (Å²) in [5.41, 5.74) is 2.73. The smallest absolute Gasteiger partial charge is 0.229 e. The third-order valence-corrected chi connectivity index (χ3v) is 4.88. The number of hydrogen-bond donors (Lipinski definition) is 1. The molecular formula is C19H18ClFN2O2. The van der Waals surface area contributed by atoms with Crippen molar-refractivity contribution in [3.8, 4) is 0 Å². The summed E-state index contributed by atoms with van der Waals surface area (Å²) < 4.78 is 13.2. The van der Waals surface area contributed by atoms with Crippen LogP contribution in [-0.4, -0.2) is 18.4 Å². The summed E-state index contributed by atoms with van der Waals surface area (Å²) in [7, 11) is 0. The summed E-state index contributed by atoms with van der Waals surface area (Å²) >= 11 is 6.13. The van der Waals surface area contributed by atoms with Crippen LogP contribution in [0.1, 0.15) is 17.5 Å². The Labute approximate surface area is 150 Å². The van der Waals surface area contributed by atoms with Crippen molar-refractivity contribution < 1.29 is 14.0 Å². The highest BCUT2D eigenvalue weighted by molar-refractivity contribution is 6.31. The number of rotatable bonds is 3. The lowest BCUT2D eigenvalue weighted by atomic mass is 10.1. The van der Waals surface area contributed by atoms with Gasteiger partial charge in [-0.05, 0) is 55.3 Å². The number of nitrogens with one attached hydrogen (secondary N) is 1. The number of hydrogen-bond acceptors (Lipinski definition) is 2. The molecule has 0 aliphatic carbocycles. The van der Waals surface area contributed by atoms with Crippen LogP contribution in [-0.2, 0) is 9.59 Å². The van der Waals surface area contributed by atoms with E-state index in [1.807, 2.05) is 13.0 Å². The first-order chi connectivity index (χ1) is 11.9. The van der Waals surface area contributed by atoms with E-state index >= 15 is 0 Å². The lowest BCUT2D eigenvalue weighted by Gasteiger charge is -2.19. The average molecular weight is 361 g/mol. The molecule has 6 heteroatoms. The fraction of sp³-hybridized carbons (Fsp3) is 0.263. The van der Waals surface area contributed by atoms with E-state index in [4.69, 9.17) is 11.6 Å². The zero-order chi connectivity index (χ0) is 18.1. The van der Waals surface area contributed by atoms with Gasteiger partial charge in [0.15, 0.2) is 0 Å². The highest BCUT2D eigenvalue weighted by Crippen LogP contribution is 2.32. The number of amides is 2. The Morgan fingerprint density at radius 2 is 2.04 bits per heavy atom. The summed E-state index contributed by atoms with van der Waals surface area (Å²) in [5.74, 6) is -1.17. The fourth-order valence-electron chi connectivity index (χ4n) is 3.01. The number of carbonyl (C=O) groups excluding carboxylic acids is 2. The molecule has 2 amide bonds. The third-order valence-electron chi connectivity index (χ3n) is 4.47. The molecule has 1 saturated heterocycles. The van der Waals surface area contributed by atoms with Gasteiger partial charge in [-0.2, -0.15) is 0 Å². The fourth-order valence-corrected chi connectivity index (χ4v) is 3.18. The van der Waals surface area contributed by atoms with Gasteiger partial charge in [-0.15, -0.1) is 0 Å². The quantitative estimate of drug-likeness (QED) is 0.896. The molecule has 0 saturated carbocycles. The summed E-state index contributed by atoms with van der Waals surface area (Å²) in [4.78, 5) is 26.5. The van der Waals surface area contributed by atoms with Crippen LogP contribution in [0.3, 0.4) is 0 Å². The molecule has 1 aliphatic rings. The van der Waals surface area contributed by atoms with E-state index in [9.17, 15) is 14.0 Å². The zero-order valence-electron chi connectivity index (χ0n) is 14.0. The molecule has 4 nitrogen and oxygen atoms in total. The lowest BCUT2D eigenvalue weighted by molar-refractivity contribution is -0.122. The Hall–Kier alpha value is -2.40. The Morgan fingerprint density at radius 1 is 1.28 bits per heavy atom. The molecule has 0 radical (unpaired) electrons. The number of nitrogens with zero attached hydrogens (tertiary/aromatic N) is 1. The Kier molecular flexibility index (Phi) is 4.77. The molecule has 0 unspecified atom stereocenters. The molecule has 1 fully saturated rings. The summed E-state index contributed by atoms with van der Waals surface area (Å²) in [5, 5.41) is 3.37. The molecule has 0 spiro atoms. The number of aryl methyl sites for hydroxylation is 1. The van der Waals surface area contributed by atoms with Crippen molar-refractivity contribution in [1.82, 2.24) is 0 Å². The number of benzene rings is 2. The van der Waals surface area contributed by atoms with Gasteiger partial charge in [0.2, 0.25) is 11.8 Å². The molecule has 25 heavy (non-hydrogen) atoms. The van der Waals surface area contributed by atoms with Gasteiger partial charge in [-0.25, -0.2) is 4.39 Å². The van der Waals surface area contributed by atoms with Crippen molar-refractivity contribution in [3.05, 3.63) is 58.4 Å².